The number of hydrogen-bond acceptors (Lipinski definition) is 3. The van der Waals surface area contributed by atoms with Crippen molar-refractivity contribution in [2.24, 2.45) is 5.92 Å². The zero-order chi connectivity index (χ0) is 9.97. The van der Waals surface area contributed by atoms with Crippen LogP contribution in [0.4, 0.5) is 0 Å². The van der Waals surface area contributed by atoms with Crippen molar-refractivity contribution in [3.63, 3.8) is 0 Å². The number of hydrogen-bond donors (Lipinski definition) is 0. The number of aryl methyl sites for hydroxylation is 1. The van der Waals surface area contributed by atoms with Gasteiger partial charge in [0.15, 0.2) is 0 Å². The summed E-state index contributed by atoms with van der Waals surface area (Å²) in [6, 6.07) is 0. The Kier molecular flexibility index (Phi) is 3.39. The first kappa shape index (κ1) is 10.4. The Bertz CT molecular complexity index is 296. The third-order valence-corrected chi connectivity index (χ3v) is 4.18. The lowest BCUT2D eigenvalue weighted by Crippen LogP contribution is -1.93. The molecule has 1 aliphatic carbocycles. The summed E-state index contributed by atoms with van der Waals surface area (Å²) in [4.78, 5) is 0. The predicted molar refractivity (Wildman–Crippen MR) is 60.1 cm³/mol. The molecule has 1 aromatic heterocycles. The van der Waals surface area contributed by atoms with Crippen LogP contribution in [0.1, 0.15) is 42.1 Å². The normalized spacial score (nSPS) is 18.4. The Morgan fingerprint density at radius 1 is 1.50 bits per heavy atom. The number of alkyl halides is 1. The Hall–Kier alpha value is -0.150. The van der Waals surface area contributed by atoms with Crippen LogP contribution in [-0.4, -0.2) is 16.1 Å². The van der Waals surface area contributed by atoms with Crippen LogP contribution in [0.2, 0.25) is 0 Å². The van der Waals surface area contributed by atoms with Crippen LogP contribution in [-0.2, 0) is 6.42 Å². The minimum absolute atomic E-state index is 0.622. The van der Waals surface area contributed by atoms with E-state index in [4.69, 9.17) is 11.6 Å². The van der Waals surface area contributed by atoms with E-state index in [1.807, 2.05) is 0 Å². The fraction of sp³-hybridized carbons (Fsp3) is 0.800. The lowest BCUT2D eigenvalue weighted by molar-refractivity contribution is 0.650. The molecule has 0 spiro atoms. The van der Waals surface area contributed by atoms with Crippen LogP contribution >= 0.6 is 22.9 Å². The standard InChI is InChI=1S/C10H15ClN2S/c1-7(8-4-5-8)10-13-12-9(14-10)3-2-6-11/h7-8H,2-6H2,1H3. The average Bonchev–Trinajstić information content (AvgIpc) is 2.94. The van der Waals surface area contributed by atoms with Crippen LogP contribution in [0, 0.1) is 5.92 Å². The second-order valence-corrected chi connectivity index (χ2v) is 5.42. The van der Waals surface area contributed by atoms with E-state index < -0.39 is 0 Å². The van der Waals surface area contributed by atoms with Gasteiger partial charge in [0.1, 0.15) is 10.0 Å². The highest BCUT2D eigenvalue weighted by atomic mass is 35.5. The summed E-state index contributed by atoms with van der Waals surface area (Å²) in [6.45, 7) is 2.27. The quantitative estimate of drug-likeness (QED) is 0.726. The van der Waals surface area contributed by atoms with Gasteiger partial charge in [-0.3, -0.25) is 0 Å². The van der Waals surface area contributed by atoms with Crippen LogP contribution < -0.4 is 0 Å². The molecular formula is C10H15ClN2S. The molecule has 1 atom stereocenters. The fourth-order valence-electron chi connectivity index (χ4n) is 1.57. The monoisotopic (exact) mass is 230 g/mol. The van der Waals surface area contributed by atoms with Gasteiger partial charge in [-0.25, -0.2) is 0 Å². The van der Waals surface area contributed by atoms with Crippen LogP contribution in [0.3, 0.4) is 0 Å². The number of aromatic nitrogens is 2. The van der Waals surface area contributed by atoms with Gasteiger partial charge in [0, 0.05) is 18.2 Å². The summed E-state index contributed by atoms with van der Waals surface area (Å²) in [5, 5.41) is 10.8. The molecule has 0 radical (unpaired) electrons. The van der Waals surface area contributed by atoms with E-state index in [1.54, 1.807) is 11.3 Å². The molecule has 1 heterocycles. The maximum Gasteiger partial charge on any atom is 0.120 e. The van der Waals surface area contributed by atoms with E-state index in [9.17, 15) is 0 Å². The van der Waals surface area contributed by atoms with Gasteiger partial charge in [-0.05, 0) is 25.2 Å². The summed E-state index contributed by atoms with van der Waals surface area (Å²) < 4.78 is 0. The zero-order valence-electron chi connectivity index (χ0n) is 8.37. The molecule has 0 saturated heterocycles. The van der Waals surface area contributed by atoms with Gasteiger partial charge in [0.25, 0.3) is 0 Å². The van der Waals surface area contributed by atoms with Crippen molar-refractivity contribution < 1.29 is 0 Å². The third kappa shape index (κ3) is 2.45. The number of rotatable bonds is 5. The molecule has 1 aromatic rings. The van der Waals surface area contributed by atoms with Gasteiger partial charge in [0.05, 0.1) is 0 Å². The van der Waals surface area contributed by atoms with Gasteiger partial charge >= 0.3 is 0 Å². The van der Waals surface area contributed by atoms with E-state index >= 15 is 0 Å². The van der Waals surface area contributed by atoms with Crippen LogP contribution in [0.15, 0.2) is 0 Å². The van der Waals surface area contributed by atoms with E-state index in [1.165, 1.54) is 17.8 Å². The molecule has 1 saturated carbocycles. The first-order valence-electron chi connectivity index (χ1n) is 5.19. The molecule has 0 aliphatic heterocycles. The maximum absolute atomic E-state index is 5.64. The Morgan fingerprint density at radius 2 is 2.29 bits per heavy atom. The summed E-state index contributed by atoms with van der Waals surface area (Å²) in [7, 11) is 0. The lowest BCUT2D eigenvalue weighted by atomic mass is 10.1. The number of nitrogens with zero attached hydrogens (tertiary/aromatic N) is 2. The smallest absolute Gasteiger partial charge is 0.120 e. The minimum Gasteiger partial charge on any atom is -0.144 e. The van der Waals surface area contributed by atoms with Crippen LogP contribution in [0.5, 0.6) is 0 Å². The largest absolute Gasteiger partial charge is 0.144 e. The zero-order valence-corrected chi connectivity index (χ0v) is 9.94. The molecular weight excluding hydrogens is 216 g/mol. The predicted octanol–water partition coefficient (Wildman–Crippen LogP) is 3.22. The average molecular weight is 231 g/mol. The molecule has 1 fully saturated rings. The molecule has 14 heavy (non-hydrogen) atoms. The maximum atomic E-state index is 5.64. The lowest BCUT2D eigenvalue weighted by Gasteiger charge is -2.02. The van der Waals surface area contributed by atoms with Gasteiger partial charge in [-0.1, -0.05) is 6.92 Å². The summed E-state index contributed by atoms with van der Waals surface area (Å²) >= 11 is 7.41. The van der Waals surface area contributed by atoms with Crippen molar-refractivity contribution >= 4 is 22.9 Å². The van der Waals surface area contributed by atoms with E-state index in [2.05, 4.69) is 17.1 Å². The molecule has 0 bridgehead atoms. The van der Waals surface area contributed by atoms with E-state index in [0.29, 0.717) is 11.8 Å². The van der Waals surface area contributed by atoms with Gasteiger partial charge in [-0.15, -0.1) is 33.1 Å². The van der Waals surface area contributed by atoms with E-state index in [0.717, 1.165) is 23.8 Å². The molecule has 1 aliphatic rings. The van der Waals surface area contributed by atoms with Crippen molar-refractivity contribution in [3.8, 4) is 0 Å². The minimum atomic E-state index is 0.622. The van der Waals surface area contributed by atoms with Gasteiger partial charge < -0.3 is 0 Å². The molecule has 0 aromatic carbocycles. The van der Waals surface area contributed by atoms with Gasteiger partial charge in [-0.2, -0.15) is 0 Å². The van der Waals surface area contributed by atoms with Crippen molar-refractivity contribution in [2.45, 2.75) is 38.5 Å². The highest BCUT2D eigenvalue weighted by Gasteiger charge is 2.31. The fourth-order valence-corrected chi connectivity index (χ4v) is 2.73. The SMILES string of the molecule is CC(c1nnc(CCCCl)s1)C1CC1. The summed E-state index contributed by atoms with van der Waals surface area (Å²) in [6.07, 6.45) is 4.74. The molecule has 2 nitrogen and oxygen atoms in total. The van der Waals surface area contributed by atoms with Gasteiger partial charge in [0.2, 0.25) is 0 Å². The highest BCUT2D eigenvalue weighted by molar-refractivity contribution is 7.11. The van der Waals surface area contributed by atoms with Crippen LogP contribution in [0.25, 0.3) is 0 Å². The molecule has 0 amide bonds. The Labute approximate surface area is 93.7 Å². The molecule has 4 heteroatoms. The van der Waals surface area contributed by atoms with E-state index in [-0.39, 0.29) is 0 Å². The third-order valence-electron chi connectivity index (χ3n) is 2.73. The van der Waals surface area contributed by atoms with Crippen molar-refractivity contribution in [2.75, 3.05) is 5.88 Å². The van der Waals surface area contributed by atoms with Crippen molar-refractivity contribution in [3.05, 3.63) is 10.0 Å². The molecule has 78 valence electrons. The number of halogens is 1. The van der Waals surface area contributed by atoms with Crippen molar-refractivity contribution in [1.82, 2.24) is 10.2 Å². The first-order chi connectivity index (χ1) is 6.81. The molecule has 2 rings (SSSR count). The second-order valence-electron chi connectivity index (χ2n) is 3.95. The Morgan fingerprint density at radius 3 is 2.93 bits per heavy atom. The molecule has 0 N–H and O–H groups in total. The summed E-state index contributed by atoms with van der Waals surface area (Å²) in [5.41, 5.74) is 0. The molecule has 1 unspecified atom stereocenters. The summed E-state index contributed by atoms with van der Waals surface area (Å²) in [5.74, 6) is 2.22. The Balaban J connectivity index is 1.94. The second kappa shape index (κ2) is 4.58. The van der Waals surface area contributed by atoms with Crippen molar-refractivity contribution in [1.29, 1.82) is 0 Å². The topological polar surface area (TPSA) is 25.8 Å². The first-order valence-corrected chi connectivity index (χ1v) is 6.54. The highest BCUT2D eigenvalue weighted by Crippen LogP contribution is 2.42.